The number of hydrogen-bond donors (Lipinski definition) is 1. The number of sulfonamides is 1. The van der Waals surface area contributed by atoms with E-state index in [2.05, 4.69) is 5.32 Å². The van der Waals surface area contributed by atoms with Crippen LogP contribution in [-0.2, 0) is 28.9 Å². The van der Waals surface area contributed by atoms with Gasteiger partial charge in [-0.2, -0.15) is 4.31 Å². The van der Waals surface area contributed by atoms with E-state index >= 15 is 0 Å². The first-order valence-corrected chi connectivity index (χ1v) is 10.7. The lowest BCUT2D eigenvalue weighted by Gasteiger charge is -2.33. The Morgan fingerprint density at radius 3 is 2.29 bits per heavy atom. The van der Waals surface area contributed by atoms with Gasteiger partial charge < -0.3 is 5.32 Å². The van der Waals surface area contributed by atoms with Crippen LogP contribution in [0.1, 0.15) is 13.8 Å². The van der Waals surface area contributed by atoms with Crippen molar-refractivity contribution in [2.24, 2.45) is 14.1 Å². The van der Waals surface area contributed by atoms with Crippen LogP contribution in [0.2, 0.25) is 0 Å². The normalized spacial score (nSPS) is 16.8. The van der Waals surface area contributed by atoms with Gasteiger partial charge in [-0.15, -0.1) is 0 Å². The quantitative estimate of drug-likeness (QED) is 0.732. The maximum atomic E-state index is 13.0. The van der Waals surface area contributed by atoms with Crippen LogP contribution in [0.15, 0.2) is 27.9 Å². The van der Waals surface area contributed by atoms with Gasteiger partial charge in [0, 0.05) is 46.3 Å². The molecular formula is C18H27N5O4S. The Bertz CT molecular complexity index is 1050. The smallest absolute Gasteiger partial charge is 0.328 e. The first-order chi connectivity index (χ1) is 13.1. The minimum Gasteiger partial charge on any atom is -0.353 e. The highest BCUT2D eigenvalue weighted by Gasteiger charge is 2.29. The van der Waals surface area contributed by atoms with E-state index in [1.807, 2.05) is 18.7 Å². The summed E-state index contributed by atoms with van der Waals surface area (Å²) in [5.74, 6) is -0.0539. The molecule has 0 spiro atoms. The van der Waals surface area contributed by atoms with Gasteiger partial charge in [0.1, 0.15) is 0 Å². The molecule has 154 valence electrons. The third-order valence-corrected chi connectivity index (χ3v) is 6.92. The lowest BCUT2D eigenvalue weighted by Crippen LogP contribution is -2.51. The van der Waals surface area contributed by atoms with Crippen molar-refractivity contribution in [2.45, 2.75) is 24.8 Å². The SMILES string of the molecule is CC(C)NC(=O)CN1CCN(S(=O)(=O)c2ccc3c(c2)n(C)c(=O)n3C)CC1. The van der Waals surface area contributed by atoms with Gasteiger partial charge in [-0.3, -0.25) is 18.8 Å². The highest BCUT2D eigenvalue weighted by molar-refractivity contribution is 7.89. The molecule has 28 heavy (non-hydrogen) atoms. The van der Waals surface area contributed by atoms with Crippen molar-refractivity contribution in [2.75, 3.05) is 32.7 Å². The summed E-state index contributed by atoms with van der Waals surface area (Å²) in [6, 6.07) is 4.84. The zero-order valence-electron chi connectivity index (χ0n) is 16.7. The summed E-state index contributed by atoms with van der Waals surface area (Å²) >= 11 is 0. The first-order valence-electron chi connectivity index (χ1n) is 9.28. The molecule has 0 aliphatic carbocycles. The van der Waals surface area contributed by atoms with Crippen molar-refractivity contribution in [1.82, 2.24) is 23.7 Å². The number of benzene rings is 1. The van der Waals surface area contributed by atoms with Crippen LogP contribution in [0.3, 0.4) is 0 Å². The number of aryl methyl sites for hydroxylation is 2. The predicted octanol–water partition coefficient (Wildman–Crippen LogP) is -0.292. The Labute approximate surface area is 164 Å². The van der Waals surface area contributed by atoms with Gasteiger partial charge in [-0.25, -0.2) is 13.2 Å². The number of rotatable bonds is 5. The number of nitrogens with zero attached hydrogens (tertiary/aromatic N) is 4. The number of nitrogens with one attached hydrogen (secondary N) is 1. The first kappa shape index (κ1) is 20.6. The molecule has 1 aliphatic rings. The number of carbonyl (C=O) groups excluding carboxylic acids is 1. The second-order valence-corrected chi connectivity index (χ2v) is 9.39. The minimum atomic E-state index is -3.66. The van der Waals surface area contributed by atoms with Crippen LogP contribution in [-0.4, -0.2) is 71.4 Å². The molecular weight excluding hydrogens is 382 g/mol. The molecule has 3 rings (SSSR count). The molecule has 0 unspecified atom stereocenters. The van der Waals surface area contributed by atoms with Crippen LogP contribution >= 0.6 is 0 Å². The van der Waals surface area contributed by atoms with Crippen LogP contribution in [0.4, 0.5) is 0 Å². The van der Waals surface area contributed by atoms with Crippen LogP contribution < -0.4 is 11.0 Å². The summed E-state index contributed by atoms with van der Waals surface area (Å²) in [6.07, 6.45) is 0. The number of aromatic nitrogens is 2. The van der Waals surface area contributed by atoms with Crippen molar-refractivity contribution in [3.63, 3.8) is 0 Å². The Balaban J connectivity index is 1.74. The lowest BCUT2D eigenvalue weighted by atomic mass is 10.3. The molecule has 2 heterocycles. The second-order valence-electron chi connectivity index (χ2n) is 7.45. The molecule has 9 nitrogen and oxygen atoms in total. The predicted molar refractivity (Wildman–Crippen MR) is 107 cm³/mol. The topological polar surface area (TPSA) is 96.7 Å². The average molecular weight is 410 g/mol. The van der Waals surface area contributed by atoms with E-state index < -0.39 is 10.0 Å². The van der Waals surface area contributed by atoms with Crippen molar-refractivity contribution in [3.05, 3.63) is 28.7 Å². The summed E-state index contributed by atoms with van der Waals surface area (Å²) in [4.78, 5) is 26.1. The maximum absolute atomic E-state index is 13.0. The molecule has 10 heteroatoms. The fraction of sp³-hybridized carbons (Fsp3) is 0.556. The third kappa shape index (κ3) is 3.85. The van der Waals surface area contributed by atoms with Crippen molar-refractivity contribution in [3.8, 4) is 0 Å². The van der Waals surface area contributed by atoms with Gasteiger partial charge in [0.05, 0.1) is 22.5 Å². The molecule has 0 bridgehead atoms. The summed E-state index contributed by atoms with van der Waals surface area (Å²) in [7, 11) is -0.376. The van der Waals surface area contributed by atoms with Gasteiger partial charge in [0.25, 0.3) is 0 Å². The standard InChI is InChI=1S/C18H27N5O4S/c1-13(2)19-17(24)12-22-7-9-23(10-8-22)28(26,27)14-5-6-15-16(11-14)21(4)18(25)20(15)3/h5-6,11,13H,7-10,12H2,1-4H3,(H,19,24). The van der Waals surface area contributed by atoms with E-state index in [0.29, 0.717) is 37.2 Å². The van der Waals surface area contributed by atoms with Gasteiger partial charge in [0.15, 0.2) is 0 Å². The van der Waals surface area contributed by atoms with E-state index in [1.54, 1.807) is 32.3 Å². The second kappa shape index (κ2) is 7.69. The summed E-state index contributed by atoms with van der Waals surface area (Å²) in [6.45, 7) is 5.72. The fourth-order valence-corrected chi connectivity index (χ4v) is 4.94. The zero-order chi connectivity index (χ0) is 20.6. The monoisotopic (exact) mass is 409 g/mol. The van der Waals surface area contributed by atoms with Crippen molar-refractivity contribution < 1.29 is 13.2 Å². The van der Waals surface area contributed by atoms with E-state index in [0.717, 1.165) is 0 Å². The Kier molecular flexibility index (Phi) is 5.64. The molecule has 1 aromatic carbocycles. The van der Waals surface area contributed by atoms with Crippen molar-refractivity contribution in [1.29, 1.82) is 0 Å². The highest BCUT2D eigenvalue weighted by atomic mass is 32.2. The Morgan fingerprint density at radius 2 is 1.68 bits per heavy atom. The van der Waals surface area contributed by atoms with Gasteiger partial charge >= 0.3 is 5.69 Å². The molecule has 0 atom stereocenters. The molecule has 1 N–H and O–H groups in total. The zero-order valence-corrected chi connectivity index (χ0v) is 17.5. The van der Waals surface area contributed by atoms with Gasteiger partial charge in [0.2, 0.25) is 15.9 Å². The number of hydrogen-bond acceptors (Lipinski definition) is 5. The van der Waals surface area contributed by atoms with Crippen LogP contribution in [0.25, 0.3) is 11.0 Å². The number of fused-ring (bicyclic) bond motifs is 1. The molecule has 1 amide bonds. The average Bonchev–Trinajstić information content (AvgIpc) is 2.85. The van der Waals surface area contributed by atoms with E-state index in [4.69, 9.17) is 0 Å². The molecule has 1 fully saturated rings. The Morgan fingerprint density at radius 1 is 1.07 bits per heavy atom. The van der Waals surface area contributed by atoms with E-state index in [1.165, 1.54) is 13.4 Å². The van der Waals surface area contributed by atoms with E-state index in [9.17, 15) is 18.0 Å². The molecule has 0 saturated carbocycles. The van der Waals surface area contributed by atoms with Crippen LogP contribution in [0, 0.1) is 0 Å². The maximum Gasteiger partial charge on any atom is 0.328 e. The lowest BCUT2D eigenvalue weighted by molar-refractivity contribution is -0.123. The van der Waals surface area contributed by atoms with Crippen LogP contribution in [0.5, 0.6) is 0 Å². The summed E-state index contributed by atoms with van der Waals surface area (Å²) in [5.41, 5.74) is 1.07. The number of piperazine rings is 1. The molecule has 2 aromatic rings. The minimum absolute atomic E-state index is 0.0539. The largest absolute Gasteiger partial charge is 0.353 e. The third-order valence-electron chi connectivity index (χ3n) is 5.03. The molecule has 1 aliphatic heterocycles. The Hall–Kier alpha value is -2.17. The number of imidazole rings is 1. The number of amides is 1. The van der Waals surface area contributed by atoms with Gasteiger partial charge in [-0.1, -0.05) is 0 Å². The molecule has 1 saturated heterocycles. The highest BCUT2D eigenvalue weighted by Crippen LogP contribution is 2.22. The summed E-state index contributed by atoms with van der Waals surface area (Å²) in [5, 5.41) is 2.84. The number of carbonyl (C=O) groups is 1. The summed E-state index contributed by atoms with van der Waals surface area (Å²) < 4.78 is 30.5. The van der Waals surface area contributed by atoms with E-state index in [-0.39, 0.29) is 29.1 Å². The fourth-order valence-electron chi connectivity index (χ4n) is 3.49. The van der Waals surface area contributed by atoms with Crippen molar-refractivity contribution >= 4 is 27.0 Å². The van der Waals surface area contributed by atoms with Gasteiger partial charge in [-0.05, 0) is 32.0 Å². The molecule has 0 radical (unpaired) electrons. The molecule has 1 aromatic heterocycles.